The predicted octanol–water partition coefficient (Wildman–Crippen LogP) is 6.81. The van der Waals surface area contributed by atoms with Gasteiger partial charge in [-0.25, -0.2) is 4.79 Å². The number of hydrogen-bond donors (Lipinski definition) is 0. The molecule has 5 aromatic rings. The molecule has 0 unspecified atom stereocenters. The van der Waals surface area contributed by atoms with Crippen molar-refractivity contribution in [3.63, 3.8) is 0 Å². The first-order valence-corrected chi connectivity index (χ1v) is 28.5. The molecule has 0 saturated heterocycles. The van der Waals surface area contributed by atoms with Crippen molar-refractivity contribution in [2.75, 3.05) is 0 Å². The average Bonchev–Trinajstić information content (AvgIpc) is 0.719. The van der Waals surface area contributed by atoms with Crippen LogP contribution in [0.1, 0.15) is 153 Å². The summed E-state index contributed by atoms with van der Waals surface area (Å²) < 4.78 is 98.0. The van der Waals surface area contributed by atoms with Crippen molar-refractivity contribution in [2.45, 2.75) is 134 Å². The lowest BCUT2D eigenvalue weighted by atomic mass is 9.77. The molecule has 2 heterocycles. The zero-order valence-corrected chi connectivity index (χ0v) is 53.9. The molecule has 2 aliphatic rings. The van der Waals surface area contributed by atoms with Gasteiger partial charge >= 0.3 is 89.5 Å². The summed E-state index contributed by atoms with van der Waals surface area (Å²) in [4.78, 5) is 196. The van der Waals surface area contributed by atoms with Crippen LogP contribution in [0, 0.1) is 0 Å². The van der Waals surface area contributed by atoms with Crippen molar-refractivity contribution < 1.29 is 152 Å². The first-order valence-electron chi connectivity index (χ1n) is 28.5. The number of ether oxygens (including phenoxy) is 17. The first kappa shape index (κ1) is 72.2. The molecule has 510 valence electrons. The molecule has 0 fully saturated rings. The molecule has 0 aliphatic carbocycles. The van der Waals surface area contributed by atoms with Crippen LogP contribution in [0.4, 0.5) is 0 Å². The van der Waals surface area contributed by atoms with Crippen LogP contribution in [-0.4, -0.2) is 102 Å². The van der Waals surface area contributed by atoms with Crippen molar-refractivity contribution in [1.82, 2.24) is 0 Å². The van der Waals surface area contributed by atoms with E-state index in [0.717, 1.165) is 152 Å². The van der Waals surface area contributed by atoms with E-state index in [4.69, 9.17) is 80.5 Å². The maximum atomic E-state index is 15.1. The smallest absolute Gasteiger partial charge is 0.338 e. The normalized spacial score (nSPS) is 15.5. The van der Waals surface area contributed by atoms with Gasteiger partial charge in [-0.3, -0.25) is 67.1 Å². The van der Waals surface area contributed by atoms with E-state index in [9.17, 15) is 67.1 Å². The number of fused-ring (bicyclic) bond motifs is 2. The Kier molecular flexibility index (Phi) is 22.5. The maximum absolute atomic E-state index is 15.1. The molecule has 2 aliphatic heterocycles. The Bertz CT molecular complexity index is 4080. The van der Waals surface area contributed by atoms with Gasteiger partial charge in [-0.1, -0.05) is 0 Å². The van der Waals surface area contributed by atoms with E-state index in [1.165, 1.54) is 0 Å². The molecule has 0 bridgehead atoms. The van der Waals surface area contributed by atoms with Crippen LogP contribution >= 0.6 is 0 Å². The summed E-state index contributed by atoms with van der Waals surface area (Å²) in [5, 5.41) is 0. The molecule has 5 atom stereocenters. The van der Waals surface area contributed by atoms with Gasteiger partial charge in [0.25, 0.3) is 0 Å². The lowest BCUT2D eigenvalue weighted by Gasteiger charge is -2.42. The fraction of sp³-hybridized carbons (Fsp3) is 0.308. The minimum atomic E-state index is -2.04. The number of carbonyl (C=O) groups excluding carboxylic acids is 15. The lowest BCUT2D eigenvalue weighted by molar-refractivity contribution is -0.154. The van der Waals surface area contributed by atoms with Gasteiger partial charge in [-0.15, -0.1) is 0 Å². The molecule has 7 rings (SSSR count). The van der Waals surface area contributed by atoms with Gasteiger partial charge in [0.1, 0.15) is 40.6 Å². The fourth-order valence-electron chi connectivity index (χ4n) is 10.1. The van der Waals surface area contributed by atoms with Gasteiger partial charge in [0.2, 0.25) is 17.2 Å². The number of carbonyl (C=O) groups is 15. The molecule has 32 nitrogen and oxygen atoms in total. The van der Waals surface area contributed by atoms with Crippen molar-refractivity contribution in [1.29, 1.82) is 0 Å². The van der Waals surface area contributed by atoms with E-state index in [1.807, 2.05) is 0 Å². The highest BCUT2D eigenvalue weighted by Crippen LogP contribution is 2.60. The van der Waals surface area contributed by atoms with Crippen molar-refractivity contribution in [3.05, 3.63) is 88.0 Å². The molecule has 0 amide bonds. The predicted molar refractivity (Wildman–Crippen MR) is 316 cm³/mol. The number of hydrogen-bond acceptors (Lipinski definition) is 32. The average molecular weight is 1350 g/mol. The SMILES string of the molecule is CC(=O)Oc1cc(OC(C)=O)c2c(c1)O[C@H](c1cc(OC(C)=O)c(OC(C)=O)c(OC(C)=O)c1)[C@H](OC(C)=O)[C@H]2c1c(OC(C)=O)cc(OC(C)=O)c2c1O[C@H](c1cc(OC(C)=O)c(OC(C)=O)c(OC(C)=O)c1)[C@H](OC(=O)c1cc(OC(C)=O)c(OC(C)=O)c(OC(C)=O)c1)C2. The number of esters is 15. The maximum Gasteiger partial charge on any atom is 0.338 e. The van der Waals surface area contributed by atoms with Crippen molar-refractivity contribution >= 4 is 89.5 Å². The Balaban J connectivity index is 1.69. The van der Waals surface area contributed by atoms with E-state index in [2.05, 4.69) is 0 Å². The molecule has 0 N–H and O–H groups in total. The van der Waals surface area contributed by atoms with E-state index >= 15 is 4.79 Å². The largest absolute Gasteiger partial charge is 0.481 e. The Morgan fingerprint density at radius 2 is 0.660 bits per heavy atom. The summed E-state index contributed by atoms with van der Waals surface area (Å²) in [5.74, 6) is -26.9. The summed E-state index contributed by atoms with van der Waals surface area (Å²) in [6.45, 7) is 13.4. The van der Waals surface area contributed by atoms with Crippen molar-refractivity contribution in [3.8, 4) is 86.2 Å². The third-order valence-electron chi connectivity index (χ3n) is 12.8. The molecule has 0 aromatic heterocycles. The highest BCUT2D eigenvalue weighted by atomic mass is 16.6. The van der Waals surface area contributed by atoms with Gasteiger partial charge in [0, 0.05) is 149 Å². The monoisotopic (exact) mass is 1350 g/mol. The van der Waals surface area contributed by atoms with Crippen LogP contribution in [0.25, 0.3) is 0 Å². The summed E-state index contributed by atoms with van der Waals surface area (Å²) in [7, 11) is 0. The Labute approximate surface area is 548 Å². The van der Waals surface area contributed by atoms with Gasteiger partial charge in [0.05, 0.1) is 11.5 Å². The number of benzene rings is 5. The first-order chi connectivity index (χ1) is 45.5. The molecule has 32 heteroatoms. The second-order valence-electron chi connectivity index (χ2n) is 20.9. The lowest BCUT2D eigenvalue weighted by Crippen LogP contribution is -2.40. The second-order valence-corrected chi connectivity index (χ2v) is 20.9. The van der Waals surface area contributed by atoms with Crippen LogP contribution in [0.5, 0.6) is 86.2 Å². The van der Waals surface area contributed by atoms with Crippen LogP contribution in [0.2, 0.25) is 0 Å². The molecule has 5 aromatic carbocycles. The minimum Gasteiger partial charge on any atom is -0.481 e. The summed E-state index contributed by atoms with van der Waals surface area (Å²) in [5.41, 5.74) is -2.37. The zero-order valence-electron chi connectivity index (χ0n) is 53.9. The van der Waals surface area contributed by atoms with Gasteiger partial charge in [-0.05, 0) is 36.4 Å². The number of rotatable bonds is 19. The molecule has 97 heavy (non-hydrogen) atoms. The minimum absolute atomic E-state index is 0.277. The van der Waals surface area contributed by atoms with Crippen LogP contribution in [0.3, 0.4) is 0 Å². The van der Waals surface area contributed by atoms with E-state index in [0.29, 0.717) is 0 Å². The Morgan fingerprint density at radius 3 is 1.03 bits per heavy atom. The van der Waals surface area contributed by atoms with E-state index in [-0.39, 0.29) is 28.0 Å². The molecule has 0 saturated carbocycles. The summed E-state index contributed by atoms with van der Waals surface area (Å²) in [6.07, 6.45) is -8.64. The summed E-state index contributed by atoms with van der Waals surface area (Å²) in [6, 6.07) is 8.95. The zero-order chi connectivity index (χ0) is 71.8. The van der Waals surface area contributed by atoms with Crippen LogP contribution < -0.4 is 71.1 Å². The highest BCUT2D eigenvalue weighted by Gasteiger charge is 2.51. The van der Waals surface area contributed by atoms with E-state index in [1.54, 1.807) is 0 Å². The van der Waals surface area contributed by atoms with Crippen LogP contribution in [0.15, 0.2) is 54.6 Å². The molecular formula is C65H58O32. The third kappa shape index (κ3) is 18.1. The second kappa shape index (κ2) is 30.2. The standard InChI is InChI=1S/C65H58O32/c1-25(66)81-42-21-45(83-27(3)68)55-46(22-42)95-59(40-17-50(87-31(7)72)62(92-36(12)77)51(18-40)88-32(8)73)64(94-38(14)79)57(55)56-47(84-28(4)69)24-44(82-26(2)67)43-23-54(96-65(80)41-19-52(89-33(9)74)63(93-37(13)78)53(20-41)90-34(10)75)58(97-60(43)56)39-15-48(85-29(5)70)61(91-35(11)76)49(16-39)86-30(6)71/h15-22,24,54,57-59,64H,23H2,1-14H3/t54-,57-,58-,59-,64-/m1/s1. The highest BCUT2D eigenvalue weighted by molar-refractivity contribution is 5.93. The quantitative estimate of drug-likeness (QED) is 0.0604. The van der Waals surface area contributed by atoms with Crippen LogP contribution in [-0.2, 0) is 83.0 Å². The molecule has 0 radical (unpaired) electrons. The Hall–Kier alpha value is -12.3. The Morgan fingerprint density at radius 1 is 0.320 bits per heavy atom. The van der Waals surface area contributed by atoms with E-state index < -0.39 is 218 Å². The topological polar surface area (TPSA) is 413 Å². The van der Waals surface area contributed by atoms with Gasteiger partial charge in [-0.2, -0.15) is 0 Å². The molecular weight excluding hydrogens is 1290 g/mol. The fourth-order valence-corrected chi connectivity index (χ4v) is 10.1. The molecule has 0 spiro atoms. The van der Waals surface area contributed by atoms with Gasteiger partial charge < -0.3 is 80.5 Å². The van der Waals surface area contributed by atoms with Crippen molar-refractivity contribution in [2.24, 2.45) is 0 Å². The third-order valence-corrected chi connectivity index (χ3v) is 12.8. The van der Waals surface area contributed by atoms with Gasteiger partial charge in [0.15, 0.2) is 52.8 Å². The summed E-state index contributed by atoms with van der Waals surface area (Å²) >= 11 is 0.